The fraction of sp³-hybridized carbons (Fsp3) is 0.750. The second kappa shape index (κ2) is 3.03. The Morgan fingerprint density at radius 3 is 2.73 bits per heavy atom. The summed E-state index contributed by atoms with van der Waals surface area (Å²) in [7, 11) is 0. The van der Waals surface area contributed by atoms with Crippen LogP contribution < -0.4 is 0 Å². The molecule has 0 aromatic heterocycles. The predicted molar refractivity (Wildman–Crippen MR) is 39.0 cm³/mol. The highest BCUT2D eigenvalue weighted by atomic mass is 16.5. The molecule has 3 heteroatoms. The van der Waals surface area contributed by atoms with Crippen molar-refractivity contribution < 1.29 is 14.3 Å². The van der Waals surface area contributed by atoms with Crippen LogP contribution in [-0.4, -0.2) is 17.9 Å². The van der Waals surface area contributed by atoms with E-state index in [4.69, 9.17) is 4.74 Å². The van der Waals surface area contributed by atoms with Crippen molar-refractivity contribution in [2.75, 3.05) is 0 Å². The largest absolute Gasteiger partial charge is 0.462 e. The summed E-state index contributed by atoms with van der Waals surface area (Å²) in [6, 6.07) is 0. The van der Waals surface area contributed by atoms with Gasteiger partial charge in [0.2, 0.25) is 0 Å². The van der Waals surface area contributed by atoms with Gasteiger partial charge in [-0.1, -0.05) is 6.92 Å². The number of carbonyl (C=O) groups is 2. The molecular weight excluding hydrogens is 144 g/mol. The maximum Gasteiger partial charge on any atom is 0.306 e. The number of hydrogen-bond donors (Lipinski definition) is 0. The Hall–Kier alpha value is -0.860. The number of rotatable bonds is 2. The molecule has 0 saturated carbocycles. The lowest BCUT2D eigenvalue weighted by Gasteiger charge is -2.10. The van der Waals surface area contributed by atoms with Gasteiger partial charge in [-0.2, -0.15) is 0 Å². The minimum Gasteiger partial charge on any atom is -0.462 e. The zero-order chi connectivity index (χ0) is 8.43. The molecule has 1 fully saturated rings. The molecule has 1 aliphatic heterocycles. The molecule has 0 N–H and O–H groups in total. The zero-order valence-electron chi connectivity index (χ0n) is 6.79. The van der Waals surface area contributed by atoms with Crippen molar-refractivity contribution in [2.45, 2.75) is 32.8 Å². The van der Waals surface area contributed by atoms with Crippen LogP contribution in [0.1, 0.15) is 26.7 Å². The van der Waals surface area contributed by atoms with Gasteiger partial charge in [0, 0.05) is 12.3 Å². The quantitative estimate of drug-likeness (QED) is 0.558. The number of hydrogen-bond acceptors (Lipinski definition) is 3. The molecule has 3 nitrogen and oxygen atoms in total. The summed E-state index contributed by atoms with van der Waals surface area (Å²) in [4.78, 5) is 21.4. The minimum absolute atomic E-state index is 0.0801. The van der Waals surface area contributed by atoms with E-state index in [1.54, 1.807) is 0 Å². The van der Waals surface area contributed by atoms with Crippen molar-refractivity contribution in [2.24, 2.45) is 5.92 Å². The lowest BCUT2D eigenvalue weighted by Crippen LogP contribution is -2.16. The van der Waals surface area contributed by atoms with Crippen molar-refractivity contribution in [3.8, 4) is 0 Å². The Kier molecular flexibility index (Phi) is 2.27. The average molecular weight is 156 g/mol. The summed E-state index contributed by atoms with van der Waals surface area (Å²) in [6.07, 6.45) is 0.658. The van der Waals surface area contributed by atoms with Gasteiger partial charge in [-0.3, -0.25) is 9.59 Å². The van der Waals surface area contributed by atoms with Gasteiger partial charge in [-0.25, -0.2) is 0 Å². The van der Waals surface area contributed by atoms with Gasteiger partial charge in [0.1, 0.15) is 11.9 Å². The summed E-state index contributed by atoms with van der Waals surface area (Å²) in [6.45, 7) is 3.44. The number of esters is 1. The van der Waals surface area contributed by atoms with Crippen LogP contribution in [0.2, 0.25) is 0 Å². The van der Waals surface area contributed by atoms with Crippen LogP contribution in [0.25, 0.3) is 0 Å². The second-order valence-electron chi connectivity index (χ2n) is 3.12. The fourth-order valence-electron chi connectivity index (χ4n) is 1.25. The highest BCUT2D eigenvalue weighted by molar-refractivity contribution is 5.78. The van der Waals surface area contributed by atoms with Gasteiger partial charge in [-0.05, 0) is 6.92 Å². The monoisotopic (exact) mass is 156 g/mol. The Bertz CT molecular complexity index is 186. The van der Waals surface area contributed by atoms with E-state index in [2.05, 4.69) is 0 Å². The van der Waals surface area contributed by atoms with Crippen LogP contribution in [0.5, 0.6) is 0 Å². The highest BCUT2D eigenvalue weighted by Gasteiger charge is 2.31. The van der Waals surface area contributed by atoms with E-state index >= 15 is 0 Å². The second-order valence-corrected chi connectivity index (χ2v) is 3.12. The molecule has 0 amide bonds. The van der Waals surface area contributed by atoms with Gasteiger partial charge >= 0.3 is 5.97 Å². The first kappa shape index (κ1) is 8.24. The van der Waals surface area contributed by atoms with Crippen molar-refractivity contribution in [1.29, 1.82) is 0 Å². The van der Waals surface area contributed by atoms with Crippen molar-refractivity contribution in [3.63, 3.8) is 0 Å². The Labute approximate surface area is 65.7 Å². The molecule has 1 aliphatic rings. The maximum atomic E-state index is 10.7. The van der Waals surface area contributed by atoms with Gasteiger partial charge in [0.05, 0.1) is 6.42 Å². The number of Topliss-reactive ketones (excluding diaryl/α,β-unsaturated/α-hetero) is 1. The summed E-state index contributed by atoms with van der Waals surface area (Å²) >= 11 is 0. The average Bonchev–Trinajstić information content (AvgIpc) is 2.09. The zero-order valence-corrected chi connectivity index (χ0v) is 6.79. The van der Waals surface area contributed by atoms with E-state index in [1.807, 2.05) is 6.92 Å². The lowest BCUT2D eigenvalue weighted by molar-refractivity contribution is -0.142. The molecule has 11 heavy (non-hydrogen) atoms. The smallest absolute Gasteiger partial charge is 0.306 e. The lowest BCUT2D eigenvalue weighted by atomic mass is 10.0. The fourth-order valence-corrected chi connectivity index (χ4v) is 1.25. The van der Waals surface area contributed by atoms with Crippen LogP contribution >= 0.6 is 0 Å². The molecule has 1 rings (SSSR count). The maximum absolute atomic E-state index is 10.7. The third-order valence-corrected chi connectivity index (χ3v) is 1.89. The first-order chi connectivity index (χ1) is 5.09. The third-order valence-electron chi connectivity index (χ3n) is 1.89. The Balaban J connectivity index is 2.46. The molecule has 62 valence electrons. The molecule has 0 unspecified atom stereocenters. The van der Waals surface area contributed by atoms with Crippen molar-refractivity contribution in [1.82, 2.24) is 0 Å². The Morgan fingerprint density at radius 2 is 2.36 bits per heavy atom. The van der Waals surface area contributed by atoms with Crippen LogP contribution in [0.3, 0.4) is 0 Å². The van der Waals surface area contributed by atoms with Gasteiger partial charge in [-0.15, -0.1) is 0 Å². The van der Waals surface area contributed by atoms with Crippen LogP contribution in [0.15, 0.2) is 0 Å². The summed E-state index contributed by atoms with van der Waals surface area (Å²) in [5.41, 5.74) is 0. The topological polar surface area (TPSA) is 43.4 Å². The molecule has 2 atom stereocenters. The van der Waals surface area contributed by atoms with E-state index in [1.165, 1.54) is 6.92 Å². The van der Waals surface area contributed by atoms with E-state index in [0.717, 1.165) is 0 Å². The number of carbonyl (C=O) groups excluding carboxylic acids is 2. The van der Waals surface area contributed by atoms with Crippen LogP contribution in [0.4, 0.5) is 0 Å². The summed E-state index contributed by atoms with van der Waals surface area (Å²) in [5.74, 6) is 0.103. The van der Waals surface area contributed by atoms with Crippen molar-refractivity contribution in [3.05, 3.63) is 0 Å². The first-order valence-corrected chi connectivity index (χ1v) is 3.78. The molecule has 1 heterocycles. The number of ketones is 1. The van der Waals surface area contributed by atoms with E-state index < -0.39 is 0 Å². The molecule has 0 bridgehead atoms. The summed E-state index contributed by atoms with van der Waals surface area (Å²) in [5, 5.41) is 0. The molecule has 0 spiro atoms. The van der Waals surface area contributed by atoms with Crippen LogP contribution in [0, 0.1) is 5.92 Å². The van der Waals surface area contributed by atoms with Crippen LogP contribution in [-0.2, 0) is 14.3 Å². The molecule has 0 radical (unpaired) electrons. The van der Waals surface area contributed by atoms with E-state index in [9.17, 15) is 9.59 Å². The number of ether oxygens (including phenoxy) is 1. The molecule has 1 saturated heterocycles. The van der Waals surface area contributed by atoms with E-state index in [0.29, 0.717) is 12.8 Å². The first-order valence-electron chi connectivity index (χ1n) is 3.78. The molecular formula is C8H12O3. The SMILES string of the molecule is CC(=O)C[C@H]1OC(=O)C[C@H]1C. The molecule has 0 aromatic rings. The van der Waals surface area contributed by atoms with Gasteiger partial charge < -0.3 is 4.74 Å². The summed E-state index contributed by atoms with van der Waals surface area (Å²) < 4.78 is 4.92. The molecule has 0 aromatic carbocycles. The molecule has 0 aliphatic carbocycles. The van der Waals surface area contributed by atoms with Gasteiger partial charge in [0.25, 0.3) is 0 Å². The number of cyclic esters (lactones) is 1. The van der Waals surface area contributed by atoms with Gasteiger partial charge in [0.15, 0.2) is 0 Å². The highest BCUT2D eigenvalue weighted by Crippen LogP contribution is 2.23. The van der Waals surface area contributed by atoms with Crippen molar-refractivity contribution >= 4 is 11.8 Å². The minimum atomic E-state index is -0.177. The predicted octanol–water partition coefficient (Wildman–Crippen LogP) is 0.917. The standard InChI is InChI=1S/C8H12O3/c1-5-3-8(10)11-7(5)4-6(2)9/h5,7H,3-4H2,1-2H3/t5-,7-/m1/s1. The third kappa shape index (κ3) is 2.03. The normalized spacial score (nSPS) is 30.2. The Morgan fingerprint density at radius 1 is 1.73 bits per heavy atom. The van der Waals surface area contributed by atoms with E-state index in [-0.39, 0.29) is 23.8 Å².